The molecular formula is C23H23NO4. The first-order chi connectivity index (χ1) is 13.6. The fourth-order valence-electron chi connectivity index (χ4n) is 3.11. The molecule has 144 valence electrons. The van der Waals surface area contributed by atoms with Crippen molar-refractivity contribution in [2.75, 3.05) is 7.11 Å². The van der Waals surface area contributed by atoms with Gasteiger partial charge in [-0.25, -0.2) is 4.79 Å². The van der Waals surface area contributed by atoms with Gasteiger partial charge in [0.25, 0.3) is 5.56 Å². The Kier molecular flexibility index (Phi) is 6.27. The molecule has 1 heterocycles. The molecule has 0 amide bonds. The molecule has 0 saturated carbocycles. The van der Waals surface area contributed by atoms with Gasteiger partial charge in [0, 0.05) is 12.3 Å². The van der Waals surface area contributed by atoms with Crippen LogP contribution in [-0.4, -0.2) is 22.8 Å². The minimum atomic E-state index is -0.408. The fraction of sp³-hybridized carbons (Fsp3) is 0.217. The van der Waals surface area contributed by atoms with Crippen LogP contribution in [0, 0.1) is 0 Å². The van der Waals surface area contributed by atoms with Crippen molar-refractivity contribution < 1.29 is 14.6 Å². The highest BCUT2D eigenvalue weighted by molar-refractivity contribution is 5.89. The number of phenolic OH excluding ortho intramolecular Hbond substituents is 1. The molecule has 0 saturated heterocycles. The van der Waals surface area contributed by atoms with Crippen LogP contribution in [0.15, 0.2) is 71.7 Å². The molecule has 0 aliphatic heterocycles. The lowest BCUT2D eigenvalue weighted by Gasteiger charge is -2.08. The number of benzene rings is 2. The second-order valence-electron chi connectivity index (χ2n) is 6.67. The average molecular weight is 377 g/mol. The smallest absolute Gasteiger partial charge is 0.337 e. The van der Waals surface area contributed by atoms with Crippen LogP contribution in [0.4, 0.5) is 0 Å². The molecule has 3 aromatic rings. The standard InChI is InChI=1S/C23H23NO4/c1-28-23(27)20-12-13-21(25)19(15-20)6-4-5-17-8-10-18(11-9-17)16-24-14-3-2-7-22(24)26/h2-3,7-15,25H,4-6,16H2,1H3. The molecule has 5 heteroatoms. The summed E-state index contributed by atoms with van der Waals surface area (Å²) in [4.78, 5) is 23.4. The molecule has 0 atom stereocenters. The number of ether oxygens (including phenoxy) is 1. The van der Waals surface area contributed by atoms with Crippen molar-refractivity contribution in [2.24, 2.45) is 0 Å². The molecule has 0 unspecified atom stereocenters. The number of phenols is 1. The number of aromatic hydroxyl groups is 1. The highest BCUT2D eigenvalue weighted by Gasteiger charge is 2.09. The van der Waals surface area contributed by atoms with E-state index in [1.165, 1.54) is 18.7 Å². The summed E-state index contributed by atoms with van der Waals surface area (Å²) in [6.07, 6.45) is 4.14. The van der Waals surface area contributed by atoms with Crippen LogP contribution in [0.2, 0.25) is 0 Å². The van der Waals surface area contributed by atoms with Crippen molar-refractivity contribution in [3.63, 3.8) is 0 Å². The minimum Gasteiger partial charge on any atom is -0.508 e. The lowest BCUT2D eigenvalue weighted by atomic mass is 10.0. The Morgan fingerprint density at radius 3 is 2.46 bits per heavy atom. The largest absolute Gasteiger partial charge is 0.508 e. The number of rotatable bonds is 7. The van der Waals surface area contributed by atoms with E-state index < -0.39 is 5.97 Å². The number of hydrogen-bond acceptors (Lipinski definition) is 4. The molecule has 28 heavy (non-hydrogen) atoms. The molecule has 0 aliphatic rings. The quantitative estimate of drug-likeness (QED) is 0.639. The second kappa shape index (κ2) is 9.04. The van der Waals surface area contributed by atoms with E-state index in [2.05, 4.69) is 12.1 Å². The zero-order valence-electron chi connectivity index (χ0n) is 15.8. The molecular weight excluding hydrogens is 354 g/mol. The van der Waals surface area contributed by atoms with Crippen LogP contribution in [0.3, 0.4) is 0 Å². The molecule has 2 aromatic carbocycles. The maximum absolute atomic E-state index is 11.8. The maximum Gasteiger partial charge on any atom is 0.337 e. The van der Waals surface area contributed by atoms with Gasteiger partial charge in [-0.2, -0.15) is 0 Å². The van der Waals surface area contributed by atoms with Crippen molar-refractivity contribution in [2.45, 2.75) is 25.8 Å². The summed E-state index contributed by atoms with van der Waals surface area (Å²) in [6, 6.07) is 18.1. The van der Waals surface area contributed by atoms with E-state index in [1.54, 1.807) is 35.0 Å². The summed E-state index contributed by atoms with van der Waals surface area (Å²) in [5.41, 5.74) is 3.42. The van der Waals surface area contributed by atoms with Gasteiger partial charge in [-0.05, 0) is 60.2 Å². The lowest BCUT2D eigenvalue weighted by Crippen LogP contribution is -2.18. The molecule has 0 aliphatic carbocycles. The van der Waals surface area contributed by atoms with Crippen molar-refractivity contribution in [3.8, 4) is 5.75 Å². The van der Waals surface area contributed by atoms with E-state index in [0.29, 0.717) is 18.5 Å². The molecule has 0 spiro atoms. The molecule has 1 aromatic heterocycles. The topological polar surface area (TPSA) is 68.5 Å². The van der Waals surface area contributed by atoms with Gasteiger partial charge in [0.1, 0.15) is 5.75 Å². The third kappa shape index (κ3) is 4.88. The summed E-state index contributed by atoms with van der Waals surface area (Å²) in [5, 5.41) is 10.0. The average Bonchev–Trinajstić information content (AvgIpc) is 2.72. The van der Waals surface area contributed by atoms with Gasteiger partial charge in [-0.3, -0.25) is 4.79 Å². The zero-order valence-corrected chi connectivity index (χ0v) is 15.8. The lowest BCUT2D eigenvalue weighted by molar-refractivity contribution is 0.0600. The number of aryl methyl sites for hydroxylation is 2. The monoisotopic (exact) mass is 377 g/mol. The fourth-order valence-corrected chi connectivity index (χ4v) is 3.11. The number of esters is 1. The minimum absolute atomic E-state index is 0.0134. The first kappa shape index (κ1) is 19.4. The molecule has 5 nitrogen and oxygen atoms in total. The van der Waals surface area contributed by atoms with E-state index >= 15 is 0 Å². The van der Waals surface area contributed by atoms with E-state index in [9.17, 15) is 14.7 Å². The van der Waals surface area contributed by atoms with Crippen molar-refractivity contribution in [3.05, 3.63) is 99.5 Å². The normalized spacial score (nSPS) is 10.6. The zero-order chi connectivity index (χ0) is 19.9. The van der Waals surface area contributed by atoms with Gasteiger partial charge >= 0.3 is 5.97 Å². The van der Waals surface area contributed by atoms with Crippen LogP contribution in [0.1, 0.15) is 33.5 Å². The highest BCUT2D eigenvalue weighted by Crippen LogP contribution is 2.21. The molecule has 0 fully saturated rings. The summed E-state index contributed by atoms with van der Waals surface area (Å²) in [6.45, 7) is 0.550. The number of pyridine rings is 1. The van der Waals surface area contributed by atoms with E-state index in [-0.39, 0.29) is 11.3 Å². The summed E-state index contributed by atoms with van der Waals surface area (Å²) in [7, 11) is 1.34. The Balaban J connectivity index is 1.58. The van der Waals surface area contributed by atoms with Crippen molar-refractivity contribution in [1.82, 2.24) is 4.57 Å². The summed E-state index contributed by atoms with van der Waals surface area (Å²) < 4.78 is 6.40. The first-order valence-corrected chi connectivity index (χ1v) is 9.20. The van der Waals surface area contributed by atoms with Gasteiger partial charge in [-0.1, -0.05) is 30.3 Å². The predicted molar refractivity (Wildman–Crippen MR) is 108 cm³/mol. The first-order valence-electron chi connectivity index (χ1n) is 9.20. The number of methoxy groups -OCH3 is 1. The van der Waals surface area contributed by atoms with Crippen molar-refractivity contribution >= 4 is 5.97 Å². The van der Waals surface area contributed by atoms with Gasteiger partial charge in [-0.15, -0.1) is 0 Å². The van der Waals surface area contributed by atoms with Crippen LogP contribution < -0.4 is 5.56 Å². The SMILES string of the molecule is COC(=O)c1ccc(O)c(CCCc2ccc(Cn3ccccc3=O)cc2)c1. The summed E-state index contributed by atoms with van der Waals surface area (Å²) in [5.74, 6) is -0.217. The Bertz CT molecular complexity index is 1010. The van der Waals surface area contributed by atoms with E-state index in [1.807, 2.05) is 18.2 Å². The number of hydrogen-bond donors (Lipinski definition) is 1. The highest BCUT2D eigenvalue weighted by atomic mass is 16.5. The number of aromatic nitrogens is 1. The van der Waals surface area contributed by atoms with Gasteiger partial charge in [0.05, 0.1) is 19.2 Å². The number of carbonyl (C=O) groups is 1. The number of nitrogens with zero attached hydrogens (tertiary/aromatic N) is 1. The third-order valence-corrected chi connectivity index (χ3v) is 4.69. The Hall–Kier alpha value is -3.34. The van der Waals surface area contributed by atoms with Gasteiger partial charge in [0.15, 0.2) is 0 Å². The van der Waals surface area contributed by atoms with E-state index in [0.717, 1.165) is 24.0 Å². The van der Waals surface area contributed by atoms with Crippen LogP contribution in [0.5, 0.6) is 5.75 Å². The Morgan fingerprint density at radius 2 is 1.75 bits per heavy atom. The van der Waals surface area contributed by atoms with Crippen molar-refractivity contribution in [1.29, 1.82) is 0 Å². The van der Waals surface area contributed by atoms with Gasteiger partial charge in [0.2, 0.25) is 0 Å². The van der Waals surface area contributed by atoms with Gasteiger partial charge < -0.3 is 14.4 Å². The summed E-state index contributed by atoms with van der Waals surface area (Å²) >= 11 is 0. The number of carbonyl (C=O) groups excluding carboxylic acids is 1. The molecule has 0 radical (unpaired) electrons. The predicted octanol–water partition coefficient (Wildman–Crippen LogP) is 3.56. The second-order valence-corrected chi connectivity index (χ2v) is 6.67. The molecule has 3 rings (SSSR count). The Morgan fingerprint density at radius 1 is 1.00 bits per heavy atom. The molecule has 0 bridgehead atoms. The van der Waals surface area contributed by atoms with Crippen LogP contribution >= 0.6 is 0 Å². The van der Waals surface area contributed by atoms with E-state index in [4.69, 9.17) is 4.74 Å². The maximum atomic E-state index is 11.8. The Labute approximate surface area is 163 Å². The molecule has 1 N–H and O–H groups in total. The van der Waals surface area contributed by atoms with Crippen LogP contribution in [0.25, 0.3) is 0 Å². The van der Waals surface area contributed by atoms with Crippen LogP contribution in [-0.2, 0) is 24.1 Å². The third-order valence-electron chi connectivity index (χ3n) is 4.69.